The predicted octanol–water partition coefficient (Wildman–Crippen LogP) is 3.85. The van der Waals surface area contributed by atoms with Crippen LogP contribution in [0.15, 0.2) is 42.5 Å². The van der Waals surface area contributed by atoms with Gasteiger partial charge in [-0.05, 0) is 17.2 Å². The molecule has 0 N–H and O–H groups in total. The molecule has 2 aromatic rings. The lowest BCUT2D eigenvalue weighted by Crippen LogP contribution is -2.07. The van der Waals surface area contributed by atoms with Gasteiger partial charge in [0.1, 0.15) is 6.10 Å². The third kappa shape index (κ3) is 2.47. The topological polar surface area (TPSA) is 26.3 Å². The molecule has 0 aliphatic rings. The minimum absolute atomic E-state index is 0.154. The smallest absolute Gasteiger partial charge is 0.303 e. The summed E-state index contributed by atoms with van der Waals surface area (Å²) in [5, 5.41) is 2.33. The largest absolute Gasteiger partial charge is 0.458 e. The van der Waals surface area contributed by atoms with Crippen molar-refractivity contribution in [2.45, 2.75) is 26.4 Å². The zero-order chi connectivity index (χ0) is 12.3. The minimum Gasteiger partial charge on any atom is -0.458 e. The molecule has 2 heteroatoms. The summed E-state index contributed by atoms with van der Waals surface area (Å²) in [6.07, 6.45) is 0.631. The third-order valence-corrected chi connectivity index (χ3v) is 2.85. The van der Waals surface area contributed by atoms with Crippen molar-refractivity contribution in [1.29, 1.82) is 0 Å². The summed E-state index contributed by atoms with van der Waals surface area (Å²) < 4.78 is 5.35. The van der Waals surface area contributed by atoms with Gasteiger partial charge < -0.3 is 4.74 Å². The first kappa shape index (κ1) is 11.6. The Morgan fingerprint density at radius 3 is 2.59 bits per heavy atom. The van der Waals surface area contributed by atoms with E-state index in [0.717, 1.165) is 17.4 Å². The number of benzene rings is 2. The molecule has 17 heavy (non-hydrogen) atoms. The molecular formula is C15H16O2. The van der Waals surface area contributed by atoms with Crippen LogP contribution in [-0.2, 0) is 9.53 Å². The van der Waals surface area contributed by atoms with Crippen molar-refractivity contribution < 1.29 is 9.53 Å². The highest BCUT2D eigenvalue weighted by atomic mass is 16.5. The normalized spacial score (nSPS) is 12.4. The summed E-state index contributed by atoms with van der Waals surface area (Å²) in [6.45, 7) is 3.48. The molecule has 0 heterocycles. The Bertz CT molecular complexity index is 526. The van der Waals surface area contributed by atoms with Crippen LogP contribution in [-0.4, -0.2) is 5.97 Å². The van der Waals surface area contributed by atoms with Gasteiger partial charge in [-0.2, -0.15) is 0 Å². The quantitative estimate of drug-likeness (QED) is 0.746. The highest BCUT2D eigenvalue weighted by Gasteiger charge is 2.14. The maximum Gasteiger partial charge on any atom is 0.303 e. The Morgan fingerprint density at radius 1 is 1.18 bits per heavy atom. The summed E-state index contributed by atoms with van der Waals surface area (Å²) in [5.41, 5.74) is 1.08. The first-order chi connectivity index (χ1) is 8.22. The number of ether oxygens (including phenoxy) is 1. The fourth-order valence-corrected chi connectivity index (χ4v) is 2.10. The monoisotopic (exact) mass is 228 g/mol. The van der Waals surface area contributed by atoms with Gasteiger partial charge in [-0.3, -0.25) is 4.79 Å². The Hall–Kier alpha value is -1.83. The molecule has 2 aromatic carbocycles. The number of carbonyl (C=O) groups is 1. The average Bonchev–Trinajstić information content (AvgIpc) is 2.35. The van der Waals surface area contributed by atoms with E-state index in [1.807, 2.05) is 31.2 Å². The molecule has 0 bridgehead atoms. The zero-order valence-corrected chi connectivity index (χ0v) is 10.1. The summed E-state index contributed by atoms with van der Waals surface area (Å²) in [5.74, 6) is -0.232. The molecule has 0 saturated heterocycles. The van der Waals surface area contributed by atoms with E-state index in [2.05, 4.69) is 18.2 Å². The maximum atomic E-state index is 11.1. The van der Waals surface area contributed by atoms with Crippen molar-refractivity contribution in [2.24, 2.45) is 0 Å². The Morgan fingerprint density at radius 2 is 1.88 bits per heavy atom. The van der Waals surface area contributed by atoms with E-state index in [0.29, 0.717) is 0 Å². The van der Waals surface area contributed by atoms with Gasteiger partial charge in [0.05, 0.1) is 0 Å². The molecular weight excluding hydrogens is 212 g/mol. The van der Waals surface area contributed by atoms with Crippen LogP contribution in [0, 0.1) is 0 Å². The van der Waals surface area contributed by atoms with E-state index in [9.17, 15) is 4.79 Å². The second kappa shape index (κ2) is 5.00. The fourth-order valence-electron chi connectivity index (χ4n) is 2.10. The molecule has 2 rings (SSSR count). The summed E-state index contributed by atoms with van der Waals surface area (Å²) in [6, 6.07) is 14.3. The lowest BCUT2D eigenvalue weighted by atomic mass is 9.99. The van der Waals surface area contributed by atoms with Crippen LogP contribution >= 0.6 is 0 Å². The molecule has 0 aromatic heterocycles. The van der Waals surface area contributed by atoms with E-state index in [-0.39, 0.29) is 12.1 Å². The van der Waals surface area contributed by atoms with Crippen LogP contribution in [0.5, 0.6) is 0 Å². The number of fused-ring (bicyclic) bond motifs is 1. The van der Waals surface area contributed by atoms with Crippen LogP contribution in [0.1, 0.15) is 31.9 Å². The second-order valence-corrected chi connectivity index (χ2v) is 4.07. The highest BCUT2D eigenvalue weighted by molar-refractivity contribution is 5.86. The van der Waals surface area contributed by atoms with Crippen molar-refractivity contribution in [3.05, 3.63) is 48.0 Å². The van der Waals surface area contributed by atoms with E-state index >= 15 is 0 Å². The third-order valence-electron chi connectivity index (χ3n) is 2.85. The molecule has 1 atom stereocenters. The van der Waals surface area contributed by atoms with Crippen molar-refractivity contribution in [3.8, 4) is 0 Å². The first-order valence-corrected chi connectivity index (χ1v) is 5.87. The van der Waals surface area contributed by atoms with Gasteiger partial charge >= 0.3 is 5.97 Å². The molecule has 0 amide bonds. The number of hydrogen-bond acceptors (Lipinski definition) is 2. The lowest BCUT2D eigenvalue weighted by Gasteiger charge is -2.17. The van der Waals surface area contributed by atoms with Crippen LogP contribution in [0.25, 0.3) is 10.8 Å². The summed E-state index contributed by atoms with van der Waals surface area (Å²) in [4.78, 5) is 11.1. The zero-order valence-electron chi connectivity index (χ0n) is 10.1. The average molecular weight is 228 g/mol. The van der Waals surface area contributed by atoms with Crippen LogP contribution in [0.4, 0.5) is 0 Å². The van der Waals surface area contributed by atoms with Crippen molar-refractivity contribution in [3.63, 3.8) is 0 Å². The van der Waals surface area contributed by atoms with Crippen molar-refractivity contribution in [1.82, 2.24) is 0 Å². The highest BCUT2D eigenvalue weighted by Crippen LogP contribution is 2.28. The predicted molar refractivity (Wildman–Crippen MR) is 68.7 cm³/mol. The van der Waals surface area contributed by atoms with Gasteiger partial charge in [-0.25, -0.2) is 0 Å². The second-order valence-electron chi connectivity index (χ2n) is 4.07. The van der Waals surface area contributed by atoms with Crippen LogP contribution < -0.4 is 0 Å². The summed E-state index contributed by atoms with van der Waals surface area (Å²) >= 11 is 0. The summed E-state index contributed by atoms with van der Waals surface area (Å²) in [7, 11) is 0. The molecule has 88 valence electrons. The van der Waals surface area contributed by atoms with Gasteiger partial charge in [-0.15, -0.1) is 0 Å². The molecule has 0 unspecified atom stereocenters. The minimum atomic E-state index is -0.232. The molecule has 0 spiro atoms. The standard InChI is InChI=1S/C15H16O2/c1-3-15(17-11(2)16)14-10-6-8-12-7-4-5-9-13(12)14/h4-10,15H,3H2,1-2H3/t15-/m1/s1. The van der Waals surface area contributed by atoms with Gasteiger partial charge in [-0.1, -0.05) is 49.4 Å². The van der Waals surface area contributed by atoms with Crippen LogP contribution in [0.3, 0.4) is 0 Å². The van der Waals surface area contributed by atoms with Gasteiger partial charge in [0.2, 0.25) is 0 Å². The lowest BCUT2D eigenvalue weighted by molar-refractivity contribution is -0.146. The van der Waals surface area contributed by atoms with E-state index in [4.69, 9.17) is 4.74 Å². The maximum absolute atomic E-state index is 11.1. The van der Waals surface area contributed by atoms with Gasteiger partial charge in [0.25, 0.3) is 0 Å². The van der Waals surface area contributed by atoms with Gasteiger partial charge in [0, 0.05) is 12.5 Å². The van der Waals surface area contributed by atoms with E-state index in [1.165, 1.54) is 12.3 Å². The molecule has 0 aliphatic carbocycles. The fraction of sp³-hybridized carbons (Fsp3) is 0.267. The van der Waals surface area contributed by atoms with E-state index < -0.39 is 0 Å². The Labute approximate surface area is 101 Å². The van der Waals surface area contributed by atoms with E-state index in [1.54, 1.807) is 0 Å². The number of hydrogen-bond donors (Lipinski definition) is 0. The van der Waals surface area contributed by atoms with Crippen molar-refractivity contribution in [2.75, 3.05) is 0 Å². The molecule has 2 nitrogen and oxygen atoms in total. The first-order valence-electron chi connectivity index (χ1n) is 5.87. The van der Waals surface area contributed by atoms with Crippen LogP contribution in [0.2, 0.25) is 0 Å². The molecule has 0 radical (unpaired) electrons. The molecule has 0 fully saturated rings. The number of rotatable bonds is 3. The molecule has 0 saturated carbocycles. The van der Waals surface area contributed by atoms with Crippen molar-refractivity contribution >= 4 is 16.7 Å². The Kier molecular flexibility index (Phi) is 3.43. The Balaban J connectivity index is 2.49. The van der Waals surface area contributed by atoms with Gasteiger partial charge in [0.15, 0.2) is 0 Å². The SMILES string of the molecule is CC[C@@H](OC(C)=O)c1cccc2ccccc12. The number of carbonyl (C=O) groups excluding carboxylic acids is 1. The molecule has 0 aliphatic heterocycles. The number of esters is 1.